The maximum Gasteiger partial charge on any atom is 0.327 e. The van der Waals surface area contributed by atoms with E-state index in [1.54, 1.807) is 55.4 Å². The summed E-state index contributed by atoms with van der Waals surface area (Å²) in [5.74, 6) is -7.39. The van der Waals surface area contributed by atoms with Crippen LogP contribution >= 0.6 is 0 Å². The Balaban J connectivity index is 6.53. The summed E-state index contributed by atoms with van der Waals surface area (Å²) in [6.45, 7) is 18.8. The smallest absolute Gasteiger partial charge is 0.327 e. The monoisotopic (exact) mass is 685 g/mol. The second-order valence-electron chi connectivity index (χ2n) is 15.0. The summed E-state index contributed by atoms with van der Waals surface area (Å²) in [7, 11) is 0. The molecule has 14 heteroatoms. The fourth-order valence-electron chi connectivity index (χ4n) is 5.43. The van der Waals surface area contributed by atoms with Gasteiger partial charge in [-0.05, 0) is 49.4 Å². The van der Waals surface area contributed by atoms with Crippen molar-refractivity contribution in [3.63, 3.8) is 0 Å². The van der Waals surface area contributed by atoms with Gasteiger partial charge in [-0.3, -0.25) is 28.8 Å². The number of aliphatic hydroxyl groups is 2. The van der Waals surface area contributed by atoms with Gasteiger partial charge in [-0.1, -0.05) is 69.2 Å². The topological polar surface area (TPSA) is 251 Å². The molecule has 278 valence electrons. The van der Waals surface area contributed by atoms with Gasteiger partial charge in [-0.25, -0.2) is 0 Å². The Morgan fingerprint density at radius 1 is 0.625 bits per heavy atom. The molecule has 0 rings (SSSR count). The fourth-order valence-corrected chi connectivity index (χ4v) is 5.43. The molecule has 0 aromatic heterocycles. The van der Waals surface area contributed by atoms with Crippen LogP contribution < -0.4 is 27.4 Å². The number of nitrogens with one attached hydrogen (secondary N) is 3. The molecule has 0 fully saturated rings. The minimum absolute atomic E-state index is 0.0436. The molecule has 0 saturated heterocycles. The molecular weight excluding hydrogens is 622 g/mol. The second kappa shape index (κ2) is 19.9. The lowest BCUT2D eigenvalue weighted by atomic mass is 9.67. The number of Topliss-reactive ketones (excluding diaryl/α,β-unsaturated/α-hetero) is 2. The molecule has 8 atom stereocenters. The number of carboxylic acids is 1. The fraction of sp³-hybridized carbons (Fsp3) is 0.824. The number of rotatable bonds is 22. The van der Waals surface area contributed by atoms with Crippen LogP contribution in [0.1, 0.15) is 102 Å². The summed E-state index contributed by atoms with van der Waals surface area (Å²) in [6, 6.07) is -5.46. The summed E-state index contributed by atoms with van der Waals surface area (Å²) in [5, 5.41) is 40.7. The summed E-state index contributed by atoms with van der Waals surface area (Å²) in [4.78, 5) is 79.8. The molecule has 0 aromatic carbocycles. The van der Waals surface area contributed by atoms with Crippen molar-refractivity contribution in [3.8, 4) is 0 Å². The molecule has 3 amide bonds. The number of aliphatic carboxylic acids is 1. The van der Waals surface area contributed by atoms with Gasteiger partial charge >= 0.3 is 5.97 Å². The van der Waals surface area contributed by atoms with Crippen LogP contribution in [-0.4, -0.2) is 93.0 Å². The van der Waals surface area contributed by atoms with Crippen molar-refractivity contribution in [3.05, 3.63) is 0 Å². The summed E-state index contributed by atoms with van der Waals surface area (Å²) >= 11 is 0. The Bertz CT molecular complexity index is 1110. The van der Waals surface area contributed by atoms with Gasteiger partial charge in [0.1, 0.15) is 18.2 Å². The molecule has 0 aromatic rings. The Morgan fingerprint density at radius 2 is 1.12 bits per heavy atom. The third-order valence-electron chi connectivity index (χ3n) is 8.34. The van der Waals surface area contributed by atoms with Crippen molar-refractivity contribution in [2.75, 3.05) is 0 Å². The molecule has 14 nitrogen and oxygen atoms in total. The molecule has 0 aliphatic heterocycles. The number of carboxylic acid groups (broad SMARTS) is 1. The average Bonchev–Trinajstić information content (AvgIpc) is 2.93. The largest absolute Gasteiger partial charge is 0.480 e. The zero-order valence-corrected chi connectivity index (χ0v) is 30.7. The van der Waals surface area contributed by atoms with Gasteiger partial charge < -0.3 is 42.7 Å². The molecule has 0 spiro atoms. The van der Waals surface area contributed by atoms with E-state index in [1.807, 2.05) is 13.8 Å². The van der Waals surface area contributed by atoms with E-state index in [0.717, 1.165) is 0 Å². The van der Waals surface area contributed by atoms with E-state index < -0.39 is 89.5 Å². The predicted molar refractivity (Wildman–Crippen MR) is 182 cm³/mol. The quantitative estimate of drug-likeness (QED) is 0.0743. The standard InChI is InChI=1S/C34H63N5O9/c1-16(2)12-22(35)24(40)15-26(42)34(33(47)48,25(41)14-18(5)6)29(43)23(13-17(3)4)38-30(44)21(11)37-32(46)28(20(9)10)39-31(45)27(36)19(7)8/h16-24,27-29,40,43H,12-15,35-36H2,1-11H3,(H,37,46)(H,38,44)(H,39,45)(H,47,48)/t21-,22-,23-,24-,27-,28-,29+,34?/m0/s1. The first-order valence-electron chi connectivity index (χ1n) is 17.0. The van der Waals surface area contributed by atoms with Crippen molar-refractivity contribution in [2.45, 2.75) is 144 Å². The molecule has 0 saturated carbocycles. The lowest BCUT2D eigenvalue weighted by Crippen LogP contribution is -2.64. The van der Waals surface area contributed by atoms with Gasteiger partial charge in [0, 0.05) is 18.9 Å². The van der Waals surface area contributed by atoms with Crippen LogP contribution in [-0.2, 0) is 28.8 Å². The normalized spacial score (nSPS) is 17.7. The molecular formula is C34H63N5O9. The minimum Gasteiger partial charge on any atom is -0.480 e. The molecule has 0 bridgehead atoms. The number of hydrogen-bond acceptors (Lipinski definition) is 10. The van der Waals surface area contributed by atoms with Crippen molar-refractivity contribution >= 4 is 35.3 Å². The third-order valence-corrected chi connectivity index (χ3v) is 8.34. The molecule has 0 aliphatic carbocycles. The zero-order chi connectivity index (χ0) is 37.8. The van der Waals surface area contributed by atoms with Crippen LogP contribution in [0.15, 0.2) is 0 Å². The van der Waals surface area contributed by atoms with Crippen molar-refractivity contribution in [2.24, 2.45) is 46.5 Å². The molecule has 10 N–H and O–H groups in total. The van der Waals surface area contributed by atoms with E-state index in [9.17, 15) is 44.1 Å². The Hall–Kier alpha value is -2.94. The minimum atomic E-state index is -3.02. The summed E-state index contributed by atoms with van der Waals surface area (Å²) in [6.07, 6.45) is -4.64. The average molecular weight is 686 g/mol. The number of carbonyl (C=O) groups excluding carboxylic acids is 5. The number of aliphatic hydroxyl groups excluding tert-OH is 2. The van der Waals surface area contributed by atoms with Crippen molar-refractivity contribution in [1.29, 1.82) is 0 Å². The van der Waals surface area contributed by atoms with E-state index >= 15 is 0 Å². The van der Waals surface area contributed by atoms with Gasteiger partial charge in [0.25, 0.3) is 0 Å². The molecule has 48 heavy (non-hydrogen) atoms. The molecule has 0 heterocycles. The Morgan fingerprint density at radius 3 is 1.54 bits per heavy atom. The highest BCUT2D eigenvalue weighted by Gasteiger charge is 2.60. The van der Waals surface area contributed by atoms with Gasteiger partial charge in [0.05, 0.1) is 18.2 Å². The first-order valence-corrected chi connectivity index (χ1v) is 17.0. The van der Waals surface area contributed by atoms with E-state index in [2.05, 4.69) is 16.0 Å². The number of amides is 3. The SMILES string of the molecule is CC(C)CC(=O)C(C(=O)O)(C(=O)C[C@H](O)[C@@H](N)CC(C)C)[C@H](O)[C@H](CC(C)C)NC(=O)[C@H](C)NC(=O)[C@@H](NC(=O)[C@@H](N)C(C)C)C(C)C. The Kier molecular flexibility index (Phi) is 18.7. The molecule has 0 radical (unpaired) electrons. The first kappa shape index (κ1) is 45.1. The first-order chi connectivity index (χ1) is 21.9. The van der Waals surface area contributed by atoms with Gasteiger partial charge in [-0.2, -0.15) is 0 Å². The van der Waals surface area contributed by atoms with Gasteiger partial charge in [0.15, 0.2) is 11.6 Å². The molecule has 1 unspecified atom stereocenters. The summed E-state index contributed by atoms with van der Waals surface area (Å²) < 4.78 is 0. The van der Waals surface area contributed by atoms with E-state index in [0.29, 0.717) is 6.42 Å². The third kappa shape index (κ3) is 12.8. The van der Waals surface area contributed by atoms with Crippen LogP contribution in [0.5, 0.6) is 0 Å². The second-order valence-corrected chi connectivity index (χ2v) is 15.0. The number of carbonyl (C=O) groups is 6. The van der Waals surface area contributed by atoms with E-state index in [1.165, 1.54) is 6.92 Å². The molecule has 0 aliphatic rings. The maximum atomic E-state index is 13.9. The summed E-state index contributed by atoms with van der Waals surface area (Å²) in [5.41, 5.74) is 8.96. The Labute approximate surface area is 285 Å². The lowest BCUT2D eigenvalue weighted by molar-refractivity contribution is -0.171. The van der Waals surface area contributed by atoms with E-state index in [4.69, 9.17) is 11.5 Å². The highest BCUT2D eigenvalue weighted by molar-refractivity contribution is 6.22. The number of nitrogens with two attached hydrogens (primary N) is 2. The zero-order valence-electron chi connectivity index (χ0n) is 30.7. The van der Waals surface area contributed by atoms with Crippen molar-refractivity contribution in [1.82, 2.24) is 16.0 Å². The maximum absolute atomic E-state index is 13.9. The highest BCUT2D eigenvalue weighted by atomic mass is 16.4. The predicted octanol–water partition coefficient (Wildman–Crippen LogP) is 0.887. The van der Waals surface area contributed by atoms with Crippen LogP contribution in [0.25, 0.3) is 0 Å². The van der Waals surface area contributed by atoms with Crippen LogP contribution in [0.4, 0.5) is 0 Å². The van der Waals surface area contributed by atoms with Crippen LogP contribution in [0.3, 0.4) is 0 Å². The van der Waals surface area contributed by atoms with Crippen LogP contribution in [0.2, 0.25) is 0 Å². The number of hydrogen-bond donors (Lipinski definition) is 8. The number of ketones is 2. The van der Waals surface area contributed by atoms with Crippen LogP contribution in [0, 0.1) is 35.0 Å². The van der Waals surface area contributed by atoms with Gasteiger partial charge in [0.2, 0.25) is 23.1 Å². The van der Waals surface area contributed by atoms with E-state index in [-0.39, 0.29) is 42.4 Å². The van der Waals surface area contributed by atoms with Crippen molar-refractivity contribution < 1.29 is 44.1 Å². The highest BCUT2D eigenvalue weighted by Crippen LogP contribution is 2.34. The lowest BCUT2D eigenvalue weighted by Gasteiger charge is -2.38. The van der Waals surface area contributed by atoms with Gasteiger partial charge in [-0.15, -0.1) is 0 Å².